The summed E-state index contributed by atoms with van der Waals surface area (Å²) in [4.78, 5) is 12.0. The lowest BCUT2D eigenvalue weighted by molar-refractivity contribution is 0.0573. The molecule has 4 nitrogen and oxygen atoms in total. The van der Waals surface area contributed by atoms with Crippen LogP contribution in [0.4, 0.5) is 0 Å². The fourth-order valence-electron chi connectivity index (χ4n) is 3.93. The van der Waals surface area contributed by atoms with Crippen LogP contribution in [-0.4, -0.2) is 39.1 Å². The van der Waals surface area contributed by atoms with Gasteiger partial charge in [0.1, 0.15) is 11.3 Å². The monoisotopic (exact) mass is 304 g/mol. The normalized spacial score (nSPS) is 30.0. The first-order valence-corrected chi connectivity index (χ1v) is 8.28. The summed E-state index contributed by atoms with van der Waals surface area (Å²) in [6, 6.07) is 2.59. The molecule has 0 spiro atoms. The molecular weight excluding hydrogens is 284 g/mol. The fraction of sp³-hybridized carbons (Fsp3) is 0.625. The lowest BCUT2D eigenvalue weighted by Gasteiger charge is -2.45. The van der Waals surface area contributed by atoms with Gasteiger partial charge in [0.2, 0.25) is 0 Å². The first kappa shape index (κ1) is 13.5. The third kappa shape index (κ3) is 2.16. The number of imidazole rings is 1. The highest BCUT2D eigenvalue weighted by Crippen LogP contribution is 2.39. The quantitative estimate of drug-likeness (QED) is 0.798. The van der Waals surface area contributed by atoms with Crippen molar-refractivity contribution >= 4 is 22.8 Å². The molecule has 2 atom stereocenters. The maximum Gasteiger partial charge on any atom is 0.160 e. The smallest absolute Gasteiger partial charge is 0.160 e. The zero-order chi connectivity index (χ0) is 14.6. The molecule has 2 aromatic heterocycles. The Balaban J connectivity index is 1.88. The molecule has 5 heteroatoms. The third-order valence-corrected chi connectivity index (χ3v) is 5.20. The summed E-state index contributed by atoms with van der Waals surface area (Å²) in [5.41, 5.74) is 3.13. The van der Waals surface area contributed by atoms with Crippen molar-refractivity contribution in [3.8, 4) is 0 Å². The molecule has 2 unspecified atom stereocenters. The molecule has 21 heavy (non-hydrogen) atoms. The van der Waals surface area contributed by atoms with Gasteiger partial charge < -0.3 is 9.47 Å². The molecule has 0 N–H and O–H groups in total. The molecule has 0 aromatic carbocycles. The van der Waals surface area contributed by atoms with E-state index in [0.29, 0.717) is 6.04 Å². The molecule has 5 rings (SSSR count). The number of piperidine rings is 3. The number of aryl methyl sites for hydroxylation is 1. The summed E-state index contributed by atoms with van der Waals surface area (Å²) in [6.07, 6.45) is 4.50. The second-order valence-electron chi connectivity index (χ2n) is 6.52. The Bertz CT molecular complexity index is 670. The largest absolute Gasteiger partial charge is 0.307 e. The topological polar surface area (TPSA) is 34.0 Å². The summed E-state index contributed by atoms with van der Waals surface area (Å²) in [5.74, 6) is 1.72. The standard InChI is InChI=1S/C16H21ClN4/c1-10-7-13-16(18-8-10)21(15(19-13)11(2)17)14-9-20-5-3-12(14)4-6-20/h7-8,11-12,14H,3-6,9H2,1-2H3. The van der Waals surface area contributed by atoms with Crippen LogP contribution in [0.1, 0.15) is 42.6 Å². The van der Waals surface area contributed by atoms with Gasteiger partial charge in [-0.15, -0.1) is 11.6 Å². The van der Waals surface area contributed by atoms with Crippen LogP contribution in [0.5, 0.6) is 0 Å². The van der Waals surface area contributed by atoms with E-state index in [4.69, 9.17) is 16.6 Å². The van der Waals surface area contributed by atoms with Crippen molar-refractivity contribution in [2.24, 2.45) is 5.92 Å². The number of halogens is 1. The third-order valence-electron chi connectivity index (χ3n) is 5.00. The predicted molar refractivity (Wildman–Crippen MR) is 84.7 cm³/mol. The van der Waals surface area contributed by atoms with Crippen molar-refractivity contribution in [1.29, 1.82) is 0 Å². The van der Waals surface area contributed by atoms with Crippen LogP contribution < -0.4 is 0 Å². The number of hydrogen-bond donors (Lipinski definition) is 0. The zero-order valence-corrected chi connectivity index (χ0v) is 13.3. The van der Waals surface area contributed by atoms with E-state index >= 15 is 0 Å². The molecule has 3 aliphatic rings. The Kier molecular flexibility index (Phi) is 3.19. The Hall–Kier alpha value is -1.13. The molecule has 5 heterocycles. The first-order chi connectivity index (χ1) is 10.1. The first-order valence-electron chi connectivity index (χ1n) is 7.84. The molecule has 2 aromatic rings. The van der Waals surface area contributed by atoms with Crippen molar-refractivity contribution in [1.82, 2.24) is 19.4 Å². The van der Waals surface area contributed by atoms with Gasteiger partial charge in [0.15, 0.2) is 5.65 Å². The van der Waals surface area contributed by atoms with Crippen molar-refractivity contribution in [2.75, 3.05) is 19.6 Å². The van der Waals surface area contributed by atoms with E-state index in [2.05, 4.69) is 27.4 Å². The summed E-state index contributed by atoms with van der Waals surface area (Å²) < 4.78 is 2.34. The number of nitrogens with zero attached hydrogens (tertiary/aromatic N) is 4. The SMILES string of the molecule is Cc1cnc2c(c1)nc(C(C)Cl)n2C1CN2CCC1CC2. The number of fused-ring (bicyclic) bond motifs is 4. The van der Waals surface area contributed by atoms with Crippen LogP contribution in [0.3, 0.4) is 0 Å². The number of pyridine rings is 1. The Labute approximate surface area is 130 Å². The van der Waals surface area contributed by atoms with Crippen molar-refractivity contribution in [3.05, 3.63) is 23.7 Å². The van der Waals surface area contributed by atoms with Crippen LogP contribution in [0.15, 0.2) is 12.3 Å². The molecule has 3 fully saturated rings. The van der Waals surface area contributed by atoms with Gasteiger partial charge in [-0.2, -0.15) is 0 Å². The van der Waals surface area contributed by atoms with E-state index < -0.39 is 0 Å². The predicted octanol–water partition coefficient (Wildman–Crippen LogP) is 3.31. The molecule has 0 aliphatic carbocycles. The average Bonchev–Trinajstić information content (AvgIpc) is 2.87. The molecule has 0 radical (unpaired) electrons. The van der Waals surface area contributed by atoms with Crippen LogP contribution in [0, 0.1) is 12.8 Å². The Morgan fingerprint density at radius 3 is 2.71 bits per heavy atom. The van der Waals surface area contributed by atoms with E-state index in [0.717, 1.165) is 35.0 Å². The number of aromatic nitrogens is 3. The van der Waals surface area contributed by atoms with Gasteiger partial charge in [0.25, 0.3) is 0 Å². The minimum atomic E-state index is -0.0880. The van der Waals surface area contributed by atoms with Gasteiger partial charge in [0.05, 0.1) is 11.4 Å². The van der Waals surface area contributed by atoms with Gasteiger partial charge >= 0.3 is 0 Å². The van der Waals surface area contributed by atoms with Crippen molar-refractivity contribution in [2.45, 2.75) is 38.1 Å². The van der Waals surface area contributed by atoms with Gasteiger partial charge in [-0.1, -0.05) is 0 Å². The van der Waals surface area contributed by atoms with E-state index in [-0.39, 0.29) is 5.38 Å². The minimum Gasteiger partial charge on any atom is -0.307 e. The van der Waals surface area contributed by atoms with Gasteiger partial charge in [-0.05, 0) is 57.3 Å². The summed E-state index contributed by atoms with van der Waals surface area (Å²) in [7, 11) is 0. The molecular formula is C16H21ClN4. The highest BCUT2D eigenvalue weighted by Gasteiger charge is 2.37. The second-order valence-corrected chi connectivity index (χ2v) is 7.17. The zero-order valence-electron chi connectivity index (χ0n) is 12.6. The van der Waals surface area contributed by atoms with E-state index in [1.165, 1.54) is 25.9 Å². The molecule has 3 saturated heterocycles. The second kappa shape index (κ2) is 4.96. The summed E-state index contributed by atoms with van der Waals surface area (Å²) >= 11 is 6.42. The Morgan fingerprint density at radius 2 is 2.10 bits per heavy atom. The summed E-state index contributed by atoms with van der Waals surface area (Å²) in [5, 5.41) is -0.0880. The Morgan fingerprint density at radius 1 is 1.33 bits per heavy atom. The molecule has 0 amide bonds. The van der Waals surface area contributed by atoms with E-state index in [1.54, 1.807) is 0 Å². The number of hydrogen-bond acceptors (Lipinski definition) is 3. The van der Waals surface area contributed by atoms with Gasteiger partial charge in [0, 0.05) is 12.7 Å². The van der Waals surface area contributed by atoms with Crippen LogP contribution in [0.2, 0.25) is 0 Å². The summed E-state index contributed by atoms with van der Waals surface area (Å²) in [6.45, 7) is 7.66. The van der Waals surface area contributed by atoms with Crippen LogP contribution in [0.25, 0.3) is 11.2 Å². The fourth-order valence-corrected chi connectivity index (χ4v) is 4.09. The van der Waals surface area contributed by atoms with Crippen LogP contribution >= 0.6 is 11.6 Å². The lowest BCUT2D eigenvalue weighted by Crippen LogP contribution is -2.48. The number of alkyl halides is 1. The maximum atomic E-state index is 6.42. The minimum absolute atomic E-state index is 0.0880. The highest BCUT2D eigenvalue weighted by molar-refractivity contribution is 6.20. The maximum absolute atomic E-state index is 6.42. The highest BCUT2D eigenvalue weighted by atomic mass is 35.5. The molecule has 3 aliphatic heterocycles. The van der Waals surface area contributed by atoms with E-state index in [1.807, 2.05) is 13.1 Å². The molecule has 2 bridgehead atoms. The van der Waals surface area contributed by atoms with Crippen molar-refractivity contribution < 1.29 is 0 Å². The van der Waals surface area contributed by atoms with E-state index in [9.17, 15) is 0 Å². The molecule has 112 valence electrons. The number of rotatable bonds is 2. The van der Waals surface area contributed by atoms with Gasteiger partial charge in [-0.25, -0.2) is 9.97 Å². The average molecular weight is 305 g/mol. The van der Waals surface area contributed by atoms with Crippen LogP contribution in [-0.2, 0) is 0 Å². The molecule has 0 saturated carbocycles. The van der Waals surface area contributed by atoms with Crippen molar-refractivity contribution in [3.63, 3.8) is 0 Å². The lowest BCUT2D eigenvalue weighted by atomic mass is 9.84. The van der Waals surface area contributed by atoms with Gasteiger partial charge in [-0.3, -0.25) is 0 Å².